The van der Waals surface area contributed by atoms with E-state index in [0.717, 1.165) is 31.9 Å². The molecule has 1 saturated heterocycles. The number of carbonyl (C=O) groups excluding carboxylic acids is 2. The summed E-state index contributed by atoms with van der Waals surface area (Å²) >= 11 is 0. The maximum absolute atomic E-state index is 12.3. The Balaban J connectivity index is 1.06. The lowest BCUT2D eigenvalue weighted by Gasteiger charge is -2.34. The number of imide groups is 1. The minimum absolute atomic E-state index is 0.219. The number of ether oxygens (including phenoxy) is 2. The second-order valence-electron chi connectivity index (χ2n) is 8.17. The Bertz CT molecular complexity index is 1180. The third-order valence-corrected chi connectivity index (χ3v) is 5.82. The fourth-order valence-electron chi connectivity index (χ4n) is 4.02. The summed E-state index contributed by atoms with van der Waals surface area (Å²) in [4.78, 5) is 28.8. The van der Waals surface area contributed by atoms with E-state index in [1.807, 2.05) is 30.3 Å². The number of anilines is 2. The second kappa shape index (κ2) is 10.4. The van der Waals surface area contributed by atoms with E-state index in [-0.39, 0.29) is 12.3 Å². The molecule has 5 rings (SSSR count). The molecule has 0 spiro atoms. The van der Waals surface area contributed by atoms with Crippen molar-refractivity contribution in [1.82, 2.24) is 30.4 Å². The molecule has 35 heavy (non-hydrogen) atoms. The van der Waals surface area contributed by atoms with Crippen LogP contribution in [0.4, 0.5) is 16.4 Å². The van der Waals surface area contributed by atoms with Crippen molar-refractivity contribution < 1.29 is 19.1 Å². The minimum atomic E-state index is -0.579. The van der Waals surface area contributed by atoms with E-state index in [9.17, 15) is 9.59 Å². The smallest absolute Gasteiger partial charge is 0.325 e. The predicted molar refractivity (Wildman–Crippen MR) is 127 cm³/mol. The van der Waals surface area contributed by atoms with Crippen LogP contribution in [0.1, 0.15) is 6.42 Å². The lowest BCUT2D eigenvalue weighted by atomic mass is 10.2. The topological polar surface area (TPSA) is 127 Å². The first-order chi connectivity index (χ1) is 17.2. The van der Waals surface area contributed by atoms with Gasteiger partial charge in [0.2, 0.25) is 11.9 Å². The van der Waals surface area contributed by atoms with Crippen LogP contribution in [0, 0.1) is 0 Å². The first kappa shape index (κ1) is 22.6. The molecule has 1 aromatic heterocycles. The molecule has 0 unspecified atom stereocenters. The summed E-state index contributed by atoms with van der Waals surface area (Å²) < 4.78 is 12.7. The van der Waals surface area contributed by atoms with Gasteiger partial charge in [-0.25, -0.2) is 4.79 Å². The van der Waals surface area contributed by atoms with Crippen molar-refractivity contribution in [3.63, 3.8) is 0 Å². The van der Waals surface area contributed by atoms with Crippen molar-refractivity contribution in [3.8, 4) is 17.2 Å². The highest BCUT2D eigenvalue weighted by Crippen LogP contribution is 2.32. The number of tetrazole rings is 1. The molecule has 12 heteroatoms. The third-order valence-electron chi connectivity index (χ3n) is 5.82. The van der Waals surface area contributed by atoms with Crippen molar-refractivity contribution >= 4 is 23.6 Å². The monoisotopic (exact) mass is 478 g/mol. The van der Waals surface area contributed by atoms with E-state index >= 15 is 0 Å². The van der Waals surface area contributed by atoms with Gasteiger partial charge in [-0.2, -0.15) is 4.68 Å². The summed E-state index contributed by atoms with van der Waals surface area (Å²) in [7, 11) is 0. The van der Waals surface area contributed by atoms with Crippen LogP contribution in [0.5, 0.6) is 11.5 Å². The number of urea groups is 1. The van der Waals surface area contributed by atoms with E-state index in [1.165, 1.54) is 0 Å². The molecule has 2 N–H and O–H groups in total. The Labute approximate surface area is 201 Å². The van der Waals surface area contributed by atoms with Gasteiger partial charge in [-0.15, -0.1) is 0 Å². The molecule has 0 atom stereocenters. The summed E-state index contributed by atoms with van der Waals surface area (Å²) in [5.74, 6) is 1.56. The molecule has 0 bridgehead atoms. The second-order valence-corrected chi connectivity index (χ2v) is 8.17. The Morgan fingerprint density at radius 2 is 1.71 bits per heavy atom. The number of nitrogens with one attached hydrogen (secondary N) is 2. The third kappa shape index (κ3) is 5.49. The van der Waals surface area contributed by atoms with Gasteiger partial charge >= 0.3 is 6.03 Å². The molecule has 2 aliphatic rings. The van der Waals surface area contributed by atoms with Gasteiger partial charge in [0.05, 0.1) is 5.69 Å². The van der Waals surface area contributed by atoms with Crippen LogP contribution >= 0.6 is 0 Å². The normalized spacial score (nSPS) is 15.5. The Kier molecular flexibility index (Phi) is 6.70. The molecular weight excluding hydrogens is 452 g/mol. The molecular formula is C23H26N8O4. The maximum Gasteiger partial charge on any atom is 0.325 e. The molecule has 3 aromatic rings. The molecule has 3 amide bonds. The van der Waals surface area contributed by atoms with Gasteiger partial charge in [0.25, 0.3) is 0 Å². The Hall–Kier alpha value is -4.19. The number of amides is 3. The number of aromatic nitrogens is 4. The lowest BCUT2D eigenvalue weighted by molar-refractivity contribution is -0.120. The van der Waals surface area contributed by atoms with E-state index in [4.69, 9.17) is 9.47 Å². The first-order valence-electron chi connectivity index (χ1n) is 11.5. The van der Waals surface area contributed by atoms with Gasteiger partial charge in [0, 0.05) is 50.9 Å². The molecule has 0 radical (unpaired) electrons. The molecule has 0 aliphatic carbocycles. The number of hydrogen-bond acceptors (Lipinski definition) is 9. The van der Waals surface area contributed by atoms with Crippen LogP contribution in [-0.2, 0) is 4.79 Å². The first-order valence-corrected chi connectivity index (χ1v) is 11.5. The quantitative estimate of drug-likeness (QED) is 0.539. The number of piperazine rings is 1. The van der Waals surface area contributed by atoms with E-state index in [0.29, 0.717) is 42.9 Å². The summed E-state index contributed by atoms with van der Waals surface area (Å²) in [6, 6.07) is 14.3. The number of fused-ring (bicyclic) bond motifs is 1. The average molecular weight is 479 g/mol. The fourth-order valence-corrected chi connectivity index (χ4v) is 4.02. The van der Waals surface area contributed by atoms with E-state index in [1.54, 1.807) is 22.9 Å². The molecule has 3 heterocycles. The average Bonchev–Trinajstić information content (AvgIpc) is 3.38. The number of benzene rings is 2. The van der Waals surface area contributed by atoms with Gasteiger partial charge in [-0.05, 0) is 34.7 Å². The summed E-state index contributed by atoms with van der Waals surface area (Å²) in [6.45, 7) is 4.51. The minimum Gasteiger partial charge on any atom is -0.486 e. The number of carbonyl (C=O) groups is 2. The van der Waals surface area contributed by atoms with Crippen molar-refractivity contribution in [2.24, 2.45) is 0 Å². The van der Waals surface area contributed by atoms with Crippen molar-refractivity contribution in [1.29, 1.82) is 0 Å². The SMILES string of the molecule is O=C(CCN1CCN(c2nnnn2-c2ccccc2)CC1)NC(=O)Nc1ccc2c(c1)OCCO2. The molecule has 0 saturated carbocycles. The van der Waals surface area contributed by atoms with Crippen LogP contribution in [0.2, 0.25) is 0 Å². The van der Waals surface area contributed by atoms with Crippen molar-refractivity contribution in [2.75, 3.05) is 56.2 Å². The van der Waals surface area contributed by atoms with Gasteiger partial charge in [0.1, 0.15) is 13.2 Å². The number of nitrogens with zero attached hydrogens (tertiary/aromatic N) is 6. The highest BCUT2D eigenvalue weighted by molar-refractivity contribution is 6.01. The lowest BCUT2D eigenvalue weighted by Crippen LogP contribution is -2.48. The highest BCUT2D eigenvalue weighted by Gasteiger charge is 2.23. The molecule has 2 aliphatic heterocycles. The van der Waals surface area contributed by atoms with Crippen LogP contribution in [0.3, 0.4) is 0 Å². The fraction of sp³-hybridized carbons (Fsp3) is 0.348. The van der Waals surface area contributed by atoms with Crippen LogP contribution in [0.15, 0.2) is 48.5 Å². The predicted octanol–water partition coefficient (Wildman–Crippen LogP) is 1.29. The van der Waals surface area contributed by atoms with Gasteiger partial charge in [0.15, 0.2) is 11.5 Å². The zero-order valence-corrected chi connectivity index (χ0v) is 19.1. The molecule has 2 aromatic carbocycles. The van der Waals surface area contributed by atoms with E-state index < -0.39 is 6.03 Å². The standard InChI is InChI=1S/C23H26N8O4/c32-21(25-22(33)24-17-6-7-19-20(16-17)35-15-14-34-19)8-9-29-10-12-30(13-11-29)23-26-27-28-31(23)18-4-2-1-3-5-18/h1-7,16H,8-15H2,(H2,24,25,32,33). The summed E-state index contributed by atoms with van der Waals surface area (Å²) in [5, 5.41) is 17.2. The molecule has 12 nitrogen and oxygen atoms in total. The van der Waals surface area contributed by atoms with Gasteiger partial charge < -0.3 is 19.7 Å². The van der Waals surface area contributed by atoms with Crippen molar-refractivity contribution in [2.45, 2.75) is 6.42 Å². The summed E-state index contributed by atoms with van der Waals surface area (Å²) in [6.07, 6.45) is 0.219. The molecule has 1 fully saturated rings. The summed E-state index contributed by atoms with van der Waals surface area (Å²) in [5.41, 5.74) is 1.43. The van der Waals surface area contributed by atoms with Crippen LogP contribution in [-0.4, -0.2) is 83.0 Å². The van der Waals surface area contributed by atoms with Crippen molar-refractivity contribution in [3.05, 3.63) is 48.5 Å². The van der Waals surface area contributed by atoms with Gasteiger partial charge in [-0.3, -0.25) is 15.0 Å². The Morgan fingerprint density at radius 1 is 0.943 bits per heavy atom. The zero-order valence-electron chi connectivity index (χ0n) is 19.1. The maximum atomic E-state index is 12.3. The number of hydrogen-bond donors (Lipinski definition) is 2. The van der Waals surface area contributed by atoms with E-state index in [2.05, 4.69) is 36.0 Å². The largest absolute Gasteiger partial charge is 0.486 e. The zero-order chi connectivity index (χ0) is 24.0. The molecule has 182 valence electrons. The number of para-hydroxylation sites is 1. The van der Waals surface area contributed by atoms with Crippen LogP contribution < -0.4 is 25.0 Å². The Morgan fingerprint density at radius 3 is 2.51 bits per heavy atom. The van der Waals surface area contributed by atoms with Crippen LogP contribution in [0.25, 0.3) is 5.69 Å². The number of rotatable bonds is 6. The highest BCUT2D eigenvalue weighted by atomic mass is 16.6. The van der Waals surface area contributed by atoms with Gasteiger partial charge in [-0.1, -0.05) is 23.3 Å².